The van der Waals surface area contributed by atoms with E-state index in [1.165, 1.54) is 19.2 Å². The summed E-state index contributed by atoms with van der Waals surface area (Å²) in [5.41, 5.74) is 2.95. The SMILES string of the molecule is COC(=O)c1ccc2[nH]c(-c3cccc(F)c3)cc2c1. The van der Waals surface area contributed by atoms with Crippen molar-refractivity contribution >= 4 is 16.9 Å². The molecule has 3 nitrogen and oxygen atoms in total. The Bertz CT molecular complexity index is 792. The van der Waals surface area contributed by atoms with Crippen LogP contribution in [0.5, 0.6) is 0 Å². The molecule has 3 aromatic rings. The molecule has 0 aliphatic rings. The van der Waals surface area contributed by atoms with Gasteiger partial charge in [0.15, 0.2) is 0 Å². The number of rotatable bonds is 2. The summed E-state index contributed by atoms with van der Waals surface area (Å²) in [4.78, 5) is 14.7. The van der Waals surface area contributed by atoms with Crippen LogP contribution in [-0.2, 0) is 4.74 Å². The van der Waals surface area contributed by atoms with Crippen molar-refractivity contribution in [1.82, 2.24) is 4.98 Å². The van der Waals surface area contributed by atoms with Gasteiger partial charge >= 0.3 is 5.97 Å². The highest BCUT2D eigenvalue weighted by Crippen LogP contribution is 2.25. The number of hydrogen-bond acceptors (Lipinski definition) is 2. The molecule has 1 aromatic heterocycles. The Balaban J connectivity index is 2.09. The molecule has 0 aliphatic heterocycles. The fourth-order valence-electron chi connectivity index (χ4n) is 2.19. The van der Waals surface area contributed by atoms with Gasteiger partial charge in [-0.3, -0.25) is 0 Å². The van der Waals surface area contributed by atoms with Gasteiger partial charge in [0, 0.05) is 22.2 Å². The number of aromatic amines is 1. The molecule has 2 aromatic carbocycles. The quantitative estimate of drug-likeness (QED) is 0.720. The predicted molar refractivity (Wildman–Crippen MR) is 75.0 cm³/mol. The van der Waals surface area contributed by atoms with E-state index in [9.17, 15) is 9.18 Å². The van der Waals surface area contributed by atoms with Gasteiger partial charge in [-0.05, 0) is 36.4 Å². The number of H-pyrrole nitrogens is 1. The van der Waals surface area contributed by atoms with Crippen molar-refractivity contribution in [3.8, 4) is 11.3 Å². The lowest BCUT2D eigenvalue weighted by Gasteiger charge is -1.98. The Morgan fingerprint density at radius 2 is 2.00 bits per heavy atom. The Morgan fingerprint density at radius 3 is 2.75 bits per heavy atom. The number of nitrogens with one attached hydrogen (secondary N) is 1. The fraction of sp³-hybridized carbons (Fsp3) is 0.0625. The van der Waals surface area contributed by atoms with Crippen molar-refractivity contribution in [3.05, 3.63) is 59.9 Å². The summed E-state index contributed by atoms with van der Waals surface area (Å²) in [7, 11) is 1.35. The van der Waals surface area contributed by atoms with Crippen LogP contribution in [0.25, 0.3) is 22.2 Å². The van der Waals surface area contributed by atoms with E-state index in [0.717, 1.165) is 22.2 Å². The lowest BCUT2D eigenvalue weighted by molar-refractivity contribution is 0.0601. The Hall–Kier alpha value is -2.62. The molecule has 4 heteroatoms. The number of esters is 1. The monoisotopic (exact) mass is 269 g/mol. The summed E-state index contributed by atoms with van der Waals surface area (Å²) < 4.78 is 17.9. The fourth-order valence-corrected chi connectivity index (χ4v) is 2.19. The van der Waals surface area contributed by atoms with Gasteiger partial charge in [-0.1, -0.05) is 12.1 Å². The number of methoxy groups -OCH3 is 1. The third-order valence-corrected chi connectivity index (χ3v) is 3.18. The van der Waals surface area contributed by atoms with Gasteiger partial charge in [0.1, 0.15) is 5.82 Å². The highest BCUT2D eigenvalue weighted by molar-refractivity contribution is 5.96. The second kappa shape index (κ2) is 4.81. The van der Waals surface area contributed by atoms with Crippen LogP contribution in [0.3, 0.4) is 0 Å². The minimum atomic E-state index is -0.375. The average Bonchev–Trinajstić information content (AvgIpc) is 2.89. The van der Waals surface area contributed by atoms with Crippen molar-refractivity contribution in [2.75, 3.05) is 7.11 Å². The van der Waals surface area contributed by atoms with Gasteiger partial charge in [-0.2, -0.15) is 0 Å². The zero-order valence-corrected chi connectivity index (χ0v) is 10.8. The molecule has 0 unspecified atom stereocenters. The van der Waals surface area contributed by atoms with E-state index < -0.39 is 0 Å². The first kappa shape index (κ1) is 12.4. The van der Waals surface area contributed by atoms with E-state index in [4.69, 9.17) is 4.74 Å². The number of hydrogen-bond donors (Lipinski definition) is 1. The normalized spacial score (nSPS) is 10.7. The van der Waals surface area contributed by atoms with Crippen LogP contribution in [0.2, 0.25) is 0 Å². The topological polar surface area (TPSA) is 42.1 Å². The highest BCUT2D eigenvalue weighted by Gasteiger charge is 2.09. The largest absolute Gasteiger partial charge is 0.465 e. The molecule has 0 spiro atoms. The predicted octanol–water partition coefficient (Wildman–Crippen LogP) is 3.76. The number of carbonyl (C=O) groups is 1. The first-order chi connectivity index (χ1) is 9.67. The standard InChI is InChI=1S/C16H12FNO2/c1-20-16(19)11-5-6-14-12(7-11)9-15(18-14)10-3-2-4-13(17)8-10/h2-9,18H,1H3. The second-order valence-electron chi connectivity index (χ2n) is 4.49. The molecule has 0 fully saturated rings. The molecular weight excluding hydrogens is 257 g/mol. The van der Waals surface area contributed by atoms with E-state index in [-0.39, 0.29) is 11.8 Å². The molecule has 0 atom stereocenters. The minimum Gasteiger partial charge on any atom is -0.465 e. The molecule has 0 bridgehead atoms. The van der Waals surface area contributed by atoms with Gasteiger partial charge < -0.3 is 9.72 Å². The second-order valence-corrected chi connectivity index (χ2v) is 4.49. The zero-order chi connectivity index (χ0) is 14.1. The molecule has 0 amide bonds. The van der Waals surface area contributed by atoms with Crippen molar-refractivity contribution in [1.29, 1.82) is 0 Å². The Kier molecular flexibility index (Phi) is 2.99. The molecular formula is C16H12FNO2. The first-order valence-corrected chi connectivity index (χ1v) is 6.14. The molecule has 1 heterocycles. The number of aromatic nitrogens is 1. The number of benzene rings is 2. The molecule has 0 radical (unpaired) electrons. The number of carbonyl (C=O) groups excluding carboxylic acids is 1. The average molecular weight is 269 g/mol. The third kappa shape index (κ3) is 2.16. The van der Waals surface area contributed by atoms with E-state index in [1.54, 1.807) is 18.2 Å². The third-order valence-electron chi connectivity index (χ3n) is 3.18. The Labute approximate surface area is 115 Å². The van der Waals surface area contributed by atoms with Crippen LogP contribution in [0.4, 0.5) is 4.39 Å². The Morgan fingerprint density at radius 1 is 1.15 bits per heavy atom. The number of ether oxygens (including phenoxy) is 1. The van der Waals surface area contributed by atoms with Crippen LogP contribution < -0.4 is 0 Å². The molecule has 3 rings (SSSR count). The lowest BCUT2D eigenvalue weighted by Crippen LogP contribution is -2.00. The van der Waals surface area contributed by atoms with E-state index in [0.29, 0.717) is 5.56 Å². The summed E-state index contributed by atoms with van der Waals surface area (Å²) in [6.07, 6.45) is 0. The number of fused-ring (bicyclic) bond motifs is 1. The van der Waals surface area contributed by atoms with Gasteiger partial charge in [0.05, 0.1) is 12.7 Å². The van der Waals surface area contributed by atoms with Crippen LogP contribution in [0.15, 0.2) is 48.5 Å². The van der Waals surface area contributed by atoms with Crippen LogP contribution in [0, 0.1) is 5.82 Å². The van der Waals surface area contributed by atoms with Crippen molar-refractivity contribution < 1.29 is 13.9 Å². The zero-order valence-electron chi connectivity index (χ0n) is 10.8. The molecule has 0 aliphatic carbocycles. The maximum atomic E-state index is 13.2. The smallest absolute Gasteiger partial charge is 0.337 e. The number of halogens is 1. The molecule has 20 heavy (non-hydrogen) atoms. The molecule has 1 N–H and O–H groups in total. The van der Waals surface area contributed by atoms with Gasteiger partial charge in [0.25, 0.3) is 0 Å². The van der Waals surface area contributed by atoms with Crippen LogP contribution in [0.1, 0.15) is 10.4 Å². The maximum absolute atomic E-state index is 13.2. The van der Waals surface area contributed by atoms with Crippen molar-refractivity contribution in [2.45, 2.75) is 0 Å². The minimum absolute atomic E-state index is 0.281. The van der Waals surface area contributed by atoms with E-state index >= 15 is 0 Å². The summed E-state index contributed by atoms with van der Waals surface area (Å²) in [6, 6.07) is 13.5. The summed E-state index contributed by atoms with van der Waals surface area (Å²) in [6.45, 7) is 0. The molecule has 100 valence electrons. The molecule has 0 saturated heterocycles. The van der Waals surface area contributed by atoms with Gasteiger partial charge in [0.2, 0.25) is 0 Å². The summed E-state index contributed by atoms with van der Waals surface area (Å²) in [5, 5.41) is 0.882. The lowest BCUT2D eigenvalue weighted by atomic mass is 10.1. The van der Waals surface area contributed by atoms with Gasteiger partial charge in [-0.25, -0.2) is 9.18 Å². The van der Waals surface area contributed by atoms with Crippen LogP contribution >= 0.6 is 0 Å². The summed E-state index contributed by atoms with van der Waals surface area (Å²) in [5.74, 6) is -0.656. The first-order valence-electron chi connectivity index (χ1n) is 6.14. The maximum Gasteiger partial charge on any atom is 0.337 e. The van der Waals surface area contributed by atoms with Crippen molar-refractivity contribution in [2.24, 2.45) is 0 Å². The van der Waals surface area contributed by atoms with E-state index in [2.05, 4.69) is 4.98 Å². The van der Waals surface area contributed by atoms with Gasteiger partial charge in [-0.15, -0.1) is 0 Å². The summed E-state index contributed by atoms with van der Waals surface area (Å²) >= 11 is 0. The molecule has 0 saturated carbocycles. The highest BCUT2D eigenvalue weighted by atomic mass is 19.1. The van der Waals surface area contributed by atoms with Crippen molar-refractivity contribution in [3.63, 3.8) is 0 Å². The van der Waals surface area contributed by atoms with Crippen LogP contribution in [-0.4, -0.2) is 18.1 Å². The van der Waals surface area contributed by atoms with E-state index in [1.807, 2.05) is 18.2 Å².